The van der Waals surface area contributed by atoms with Crippen molar-refractivity contribution in [2.45, 2.75) is 40.0 Å². The molecule has 0 aromatic heterocycles. The van der Waals surface area contributed by atoms with Crippen molar-refractivity contribution >= 4 is 11.6 Å². The summed E-state index contributed by atoms with van der Waals surface area (Å²) in [5.41, 5.74) is 7.41. The van der Waals surface area contributed by atoms with Gasteiger partial charge in [0.2, 0.25) is 0 Å². The zero-order chi connectivity index (χ0) is 16.0. The second-order valence-corrected chi connectivity index (χ2v) is 7.26. The van der Waals surface area contributed by atoms with Gasteiger partial charge in [-0.3, -0.25) is 0 Å². The molecule has 0 bridgehead atoms. The Hall–Kier alpha value is -2.08. The average molecular weight is 300 g/mol. The number of fused-ring (bicyclic) bond motifs is 2. The summed E-state index contributed by atoms with van der Waals surface area (Å²) in [7, 11) is 0. The zero-order valence-corrected chi connectivity index (χ0v) is 14.3. The molecule has 1 aromatic rings. The summed E-state index contributed by atoms with van der Waals surface area (Å²) in [6, 6.07) is 6.83. The SMILES string of the molecule is CCCC1(C)C=CC2=c3ccc(C)cc3=CC2=C1C1=CC=CC1. The molecule has 0 amide bonds. The molecule has 0 heterocycles. The highest BCUT2D eigenvalue weighted by atomic mass is 14.4. The van der Waals surface area contributed by atoms with Gasteiger partial charge in [0.1, 0.15) is 0 Å². The maximum absolute atomic E-state index is 2.45. The van der Waals surface area contributed by atoms with E-state index in [-0.39, 0.29) is 5.41 Å². The Bertz CT molecular complexity index is 915. The highest BCUT2D eigenvalue weighted by molar-refractivity contribution is 5.91. The maximum Gasteiger partial charge on any atom is 0.0116 e. The first-order valence-electron chi connectivity index (χ1n) is 8.75. The first-order chi connectivity index (χ1) is 11.1. The van der Waals surface area contributed by atoms with Crippen LogP contribution in [0.3, 0.4) is 0 Å². The number of benzene rings is 1. The monoisotopic (exact) mass is 300 g/mol. The highest BCUT2D eigenvalue weighted by Crippen LogP contribution is 2.47. The molecular formula is C23H24. The molecule has 1 atom stereocenters. The summed E-state index contributed by atoms with van der Waals surface area (Å²) in [4.78, 5) is 0. The van der Waals surface area contributed by atoms with Crippen molar-refractivity contribution in [1.29, 1.82) is 0 Å². The quantitative estimate of drug-likeness (QED) is 0.771. The van der Waals surface area contributed by atoms with Crippen molar-refractivity contribution in [3.63, 3.8) is 0 Å². The van der Waals surface area contributed by atoms with Crippen molar-refractivity contribution in [2.24, 2.45) is 5.41 Å². The molecule has 3 aliphatic rings. The van der Waals surface area contributed by atoms with Crippen molar-refractivity contribution in [3.8, 4) is 0 Å². The molecule has 0 spiro atoms. The van der Waals surface area contributed by atoms with Gasteiger partial charge in [0, 0.05) is 5.41 Å². The zero-order valence-electron chi connectivity index (χ0n) is 14.3. The van der Waals surface area contributed by atoms with E-state index >= 15 is 0 Å². The number of hydrogen-bond donors (Lipinski definition) is 0. The molecular weight excluding hydrogens is 276 g/mol. The minimum absolute atomic E-state index is 0.152. The van der Waals surface area contributed by atoms with Crippen LogP contribution in [0.25, 0.3) is 11.6 Å². The minimum Gasteiger partial charge on any atom is -0.0801 e. The number of allylic oxidation sites excluding steroid dienone is 8. The molecule has 4 rings (SSSR count). The smallest absolute Gasteiger partial charge is 0.0116 e. The largest absolute Gasteiger partial charge is 0.0801 e. The predicted octanol–water partition coefficient (Wildman–Crippen LogP) is 4.50. The molecule has 0 heteroatoms. The van der Waals surface area contributed by atoms with Crippen LogP contribution in [0.1, 0.15) is 38.7 Å². The van der Waals surface area contributed by atoms with E-state index in [0.717, 1.165) is 6.42 Å². The Kier molecular flexibility index (Phi) is 3.30. The van der Waals surface area contributed by atoms with E-state index < -0.39 is 0 Å². The van der Waals surface area contributed by atoms with Crippen LogP contribution in [0, 0.1) is 12.3 Å². The molecule has 23 heavy (non-hydrogen) atoms. The molecule has 0 radical (unpaired) electrons. The lowest BCUT2D eigenvalue weighted by molar-refractivity contribution is 0.462. The van der Waals surface area contributed by atoms with E-state index in [4.69, 9.17) is 0 Å². The van der Waals surface area contributed by atoms with Gasteiger partial charge in [-0.1, -0.05) is 74.4 Å². The molecule has 116 valence electrons. The van der Waals surface area contributed by atoms with Crippen LogP contribution in [0.4, 0.5) is 0 Å². The van der Waals surface area contributed by atoms with Gasteiger partial charge in [0.25, 0.3) is 0 Å². The van der Waals surface area contributed by atoms with Gasteiger partial charge in [0.15, 0.2) is 0 Å². The fourth-order valence-corrected chi connectivity index (χ4v) is 4.37. The average Bonchev–Trinajstić information content (AvgIpc) is 3.13. The van der Waals surface area contributed by atoms with Crippen molar-refractivity contribution in [2.75, 3.05) is 0 Å². The lowest BCUT2D eigenvalue weighted by Crippen LogP contribution is -2.24. The molecule has 0 aliphatic heterocycles. The fraction of sp³-hybridized carbons (Fsp3) is 0.304. The molecule has 0 N–H and O–H groups in total. The summed E-state index contributed by atoms with van der Waals surface area (Å²) >= 11 is 0. The third-order valence-corrected chi connectivity index (χ3v) is 5.41. The standard InChI is InChI=1S/C23H24/c1-4-12-23(3)13-11-20-19-10-9-16(2)14-18(19)15-21(20)22(23)17-7-5-6-8-17/h5-7,9-11,13-15H,4,8,12H2,1-3H3. The van der Waals surface area contributed by atoms with E-state index in [0.29, 0.717) is 0 Å². The van der Waals surface area contributed by atoms with Crippen molar-refractivity contribution < 1.29 is 0 Å². The molecule has 1 unspecified atom stereocenters. The van der Waals surface area contributed by atoms with Crippen LogP contribution < -0.4 is 10.4 Å². The van der Waals surface area contributed by atoms with Gasteiger partial charge >= 0.3 is 0 Å². The normalized spacial score (nSPS) is 24.7. The third-order valence-electron chi connectivity index (χ3n) is 5.41. The van der Waals surface area contributed by atoms with Gasteiger partial charge in [-0.15, -0.1) is 0 Å². The van der Waals surface area contributed by atoms with Crippen LogP contribution in [0.5, 0.6) is 0 Å². The van der Waals surface area contributed by atoms with Crippen LogP contribution in [0.15, 0.2) is 65.3 Å². The number of hydrogen-bond acceptors (Lipinski definition) is 0. The van der Waals surface area contributed by atoms with E-state index in [1.165, 1.54) is 45.6 Å². The van der Waals surface area contributed by atoms with Gasteiger partial charge in [-0.25, -0.2) is 0 Å². The summed E-state index contributed by atoms with van der Waals surface area (Å²) in [6.07, 6.45) is 17.5. The lowest BCUT2D eigenvalue weighted by atomic mass is 9.69. The van der Waals surface area contributed by atoms with Gasteiger partial charge in [0.05, 0.1) is 0 Å². The molecule has 0 saturated heterocycles. The lowest BCUT2D eigenvalue weighted by Gasteiger charge is -2.35. The van der Waals surface area contributed by atoms with Gasteiger partial charge in [-0.2, -0.15) is 0 Å². The second kappa shape index (κ2) is 5.23. The Morgan fingerprint density at radius 2 is 2.04 bits per heavy atom. The molecule has 1 aromatic carbocycles. The third kappa shape index (κ3) is 2.20. The maximum atomic E-state index is 2.45. The summed E-state index contributed by atoms with van der Waals surface area (Å²) in [5, 5.41) is 2.77. The number of aryl methyl sites for hydroxylation is 1. The van der Waals surface area contributed by atoms with E-state index in [1.807, 2.05) is 0 Å². The first-order valence-corrected chi connectivity index (χ1v) is 8.75. The molecule has 0 saturated carbocycles. The minimum atomic E-state index is 0.152. The van der Waals surface area contributed by atoms with E-state index in [1.54, 1.807) is 5.57 Å². The van der Waals surface area contributed by atoms with Crippen LogP contribution in [0.2, 0.25) is 0 Å². The molecule has 3 aliphatic carbocycles. The van der Waals surface area contributed by atoms with Crippen LogP contribution in [-0.4, -0.2) is 0 Å². The summed E-state index contributed by atoms with van der Waals surface area (Å²) in [6.45, 7) is 6.88. The second-order valence-electron chi connectivity index (χ2n) is 7.26. The Morgan fingerprint density at radius 1 is 1.17 bits per heavy atom. The topological polar surface area (TPSA) is 0 Å². The van der Waals surface area contributed by atoms with Crippen molar-refractivity contribution in [1.82, 2.24) is 0 Å². The van der Waals surface area contributed by atoms with E-state index in [9.17, 15) is 0 Å². The Balaban J connectivity index is 2.01. The summed E-state index contributed by atoms with van der Waals surface area (Å²) < 4.78 is 0. The fourth-order valence-electron chi connectivity index (χ4n) is 4.37. The molecule has 0 nitrogen and oxygen atoms in total. The Morgan fingerprint density at radius 3 is 2.78 bits per heavy atom. The highest BCUT2D eigenvalue weighted by Gasteiger charge is 2.34. The van der Waals surface area contributed by atoms with Crippen LogP contribution >= 0.6 is 0 Å². The number of rotatable bonds is 3. The van der Waals surface area contributed by atoms with E-state index in [2.05, 4.69) is 75.4 Å². The van der Waals surface area contributed by atoms with Gasteiger partial charge < -0.3 is 0 Å². The predicted molar refractivity (Wildman–Crippen MR) is 99.3 cm³/mol. The van der Waals surface area contributed by atoms with Gasteiger partial charge in [-0.05, 0) is 58.6 Å². The first kappa shape index (κ1) is 14.5. The van der Waals surface area contributed by atoms with Crippen LogP contribution in [-0.2, 0) is 0 Å². The summed E-state index contributed by atoms with van der Waals surface area (Å²) in [5.74, 6) is 0. The molecule has 0 fully saturated rings. The Labute approximate surface area is 138 Å². The van der Waals surface area contributed by atoms with Crippen molar-refractivity contribution in [3.05, 3.63) is 81.3 Å².